The average Bonchev–Trinajstić information content (AvgIpc) is 3.44. The van der Waals surface area contributed by atoms with E-state index in [1.54, 1.807) is 0 Å². The van der Waals surface area contributed by atoms with E-state index >= 15 is 0 Å². The van der Waals surface area contributed by atoms with E-state index in [9.17, 15) is 43.2 Å². The number of aliphatic hydroxyl groups is 1. The molecule has 0 aromatic heterocycles. The Morgan fingerprint density at radius 3 is 0.877 bits per heavy atom. The van der Waals surface area contributed by atoms with Crippen molar-refractivity contribution in [3.63, 3.8) is 0 Å². The fourth-order valence-electron chi connectivity index (χ4n) is 9.20. The van der Waals surface area contributed by atoms with Gasteiger partial charge in [-0.1, -0.05) is 259 Å². The molecule has 6 atom stereocenters. The molecule has 3 N–H and O–H groups in total. The van der Waals surface area contributed by atoms with Crippen LogP contribution in [-0.4, -0.2) is 96.7 Å². The molecule has 0 aromatic carbocycles. The Bertz CT molecular complexity index is 1590. The third-order valence-electron chi connectivity index (χ3n) is 14.6. The number of aliphatic hydroxyl groups excluding tert-OH is 1. The molecular formula is C62H120O17P2. The highest BCUT2D eigenvalue weighted by Gasteiger charge is 2.30. The Morgan fingerprint density at radius 2 is 0.593 bits per heavy atom. The van der Waals surface area contributed by atoms with Crippen LogP contribution in [-0.2, 0) is 65.4 Å². The molecule has 0 radical (unpaired) electrons. The lowest BCUT2D eigenvalue weighted by Gasteiger charge is -2.21. The van der Waals surface area contributed by atoms with Crippen molar-refractivity contribution in [2.75, 3.05) is 39.6 Å². The maximum absolute atomic E-state index is 13.0. The largest absolute Gasteiger partial charge is 0.472 e. The first-order valence-electron chi connectivity index (χ1n) is 32.7. The summed E-state index contributed by atoms with van der Waals surface area (Å²) in [6, 6.07) is 0. The molecule has 0 heterocycles. The quantitative estimate of drug-likeness (QED) is 0.0222. The van der Waals surface area contributed by atoms with Gasteiger partial charge in [0, 0.05) is 25.7 Å². The van der Waals surface area contributed by atoms with E-state index in [0.29, 0.717) is 25.7 Å². The summed E-state index contributed by atoms with van der Waals surface area (Å²) in [5.41, 5.74) is 0. The second-order valence-corrected chi connectivity index (χ2v) is 25.6. The third kappa shape index (κ3) is 55.7. The van der Waals surface area contributed by atoms with Crippen LogP contribution in [0.3, 0.4) is 0 Å². The minimum absolute atomic E-state index is 0.103. The number of carbonyl (C=O) groups excluding carboxylic acids is 4. The molecule has 81 heavy (non-hydrogen) atoms. The highest BCUT2D eigenvalue weighted by atomic mass is 31.2. The summed E-state index contributed by atoms with van der Waals surface area (Å²) in [5.74, 6) is -1.34. The molecule has 0 aliphatic rings. The van der Waals surface area contributed by atoms with Crippen LogP contribution >= 0.6 is 15.6 Å². The first-order valence-corrected chi connectivity index (χ1v) is 35.7. The molecular weight excluding hydrogens is 1080 g/mol. The molecule has 0 bridgehead atoms. The number of esters is 4. The number of carbonyl (C=O) groups is 4. The molecule has 17 nitrogen and oxygen atoms in total. The van der Waals surface area contributed by atoms with Crippen LogP contribution in [0.4, 0.5) is 0 Å². The molecule has 0 rings (SSSR count). The van der Waals surface area contributed by atoms with Crippen LogP contribution < -0.4 is 0 Å². The maximum Gasteiger partial charge on any atom is 0.472 e. The molecule has 0 fully saturated rings. The fraction of sp³-hybridized carbons (Fsp3) is 0.935. The minimum Gasteiger partial charge on any atom is -0.462 e. The molecule has 0 aliphatic carbocycles. The number of hydrogen-bond donors (Lipinski definition) is 3. The molecule has 19 heteroatoms. The monoisotopic (exact) mass is 1200 g/mol. The van der Waals surface area contributed by atoms with Gasteiger partial charge in [0.05, 0.1) is 26.4 Å². The van der Waals surface area contributed by atoms with E-state index in [4.69, 9.17) is 37.0 Å². The van der Waals surface area contributed by atoms with E-state index in [2.05, 4.69) is 34.6 Å². The number of phosphoric acid groups is 2. The van der Waals surface area contributed by atoms with Crippen molar-refractivity contribution in [3.8, 4) is 0 Å². The lowest BCUT2D eigenvalue weighted by Crippen LogP contribution is -2.30. The normalized spacial score (nSPS) is 14.6. The topological polar surface area (TPSA) is 237 Å². The predicted octanol–water partition coefficient (Wildman–Crippen LogP) is 17.0. The number of phosphoric ester groups is 2. The molecule has 0 amide bonds. The van der Waals surface area contributed by atoms with Crippen molar-refractivity contribution in [2.45, 2.75) is 329 Å². The zero-order chi connectivity index (χ0) is 59.9. The molecule has 0 spiro atoms. The fourth-order valence-corrected chi connectivity index (χ4v) is 10.8. The van der Waals surface area contributed by atoms with Gasteiger partial charge >= 0.3 is 39.5 Å². The number of hydrogen-bond acceptors (Lipinski definition) is 15. The first-order chi connectivity index (χ1) is 39.1. The molecule has 3 unspecified atom stereocenters. The van der Waals surface area contributed by atoms with Crippen LogP contribution in [0.2, 0.25) is 0 Å². The van der Waals surface area contributed by atoms with Crippen molar-refractivity contribution in [1.29, 1.82) is 0 Å². The number of ether oxygens (including phenoxy) is 4. The minimum atomic E-state index is -4.94. The van der Waals surface area contributed by atoms with E-state index in [1.165, 1.54) is 116 Å². The van der Waals surface area contributed by atoms with Crippen molar-refractivity contribution in [3.05, 3.63) is 0 Å². The summed E-state index contributed by atoms with van der Waals surface area (Å²) in [6.45, 7) is 7.08. The van der Waals surface area contributed by atoms with Gasteiger partial charge in [0.2, 0.25) is 0 Å². The average molecular weight is 1200 g/mol. The summed E-state index contributed by atoms with van der Waals surface area (Å²) in [4.78, 5) is 71.8. The standard InChI is InChI=1S/C62H120O17P2/c1-6-10-13-16-18-19-20-21-22-23-24-29-33-38-43-48-62(67)79-58(52-73-60(65)46-41-36-32-28-26-25-27-31-35-39-44-55(5)9-4)54-77-81(70,71)75-50-56(63)49-74-80(68,69)76-53-57(51-72-59(64)45-40-34-15-12-8-3)78-61(66)47-42-37-30-17-14-11-7-2/h55-58,63H,6-54H2,1-5H3,(H,68,69)(H,70,71)/t55?,56-,57+,58+/m0/s1. The van der Waals surface area contributed by atoms with Gasteiger partial charge in [0.1, 0.15) is 19.3 Å². The Hall–Kier alpha value is -1.94. The Labute approximate surface area is 492 Å². The molecule has 0 aromatic rings. The Balaban J connectivity index is 5.15. The van der Waals surface area contributed by atoms with Gasteiger partial charge in [-0.15, -0.1) is 0 Å². The van der Waals surface area contributed by atoms with Crippen molar-refractivity contribution >= 4 is 39.5 Å². The van der Waals surface area contributed by atoms with Crippen LogP contribution in [0.15, 0.2) is 0 Å². The van der Waals surface area contributed by atoms with E-state index in [1.807, 2.05) is 0 Å². The summed E-state index contributed by atoms with van der Waals surface area (Å²) in [7, 11) is -9.87. The number of unbranched alkanes of at least 4 members (excludes halogenated alkanes) is 33. The highest BCUT2D eigenvalue weighted by molar-refractivity contribution is 7.47. The maximum atomic E-state index is 13.0. The van der Waals surface area contributed by atoms with Gasteiger partial charge in [0.15, 0.2) is 12.2 Å². The van der Waals surface area contributed by atoms with Gasteiger partial charge in [-0.05, 0) is 31.6 Å². The smallest absolute Gasteiger partial charge is 0.462 e. The Morgan fingerprint density at radius 1 is 0.346 bits per heavy atom. The zero-order valence-electron chi connectivity index (χ0n) is 51.9. The molecule has 0 saturated carbocycles. The van der Waals surface area contributed by atoms with E-state index < -0.39 is 97.5 Å². The predicted molar refractivity (Wildman–Crippen MR) is 322 cm³/mol. The SMILES string of the molecule is CCCCCCCCCCCCCCCCCC(=O)O[C@H](COC(=O)CCCCCCCCCCCCC(C)CC)COP(=O)(O)OC[C@@H](O)COP(=O)(O)OC[C@@H](COC(=O)CCCCCCC)OC(=O)CCCCCCCCC. The van der Waals surface area contributed by atoms with Crippen LogP contribution in [0.5, 0.6) is 0 Å². The van der Waals surface area contributed by atoms with E-state index in [-0.39, 0.29) is 25.7 Å². The second-order valence-electron chi connectivity index (χ2n) is 22.7. The first kappa shape index (κ1) is 79.1. The molecule has 0 saturated heterocycles. The van der Waals surface area contributed by atoms with Crippen LogP contribution in [0.25, 0.3) is 0 Å². The van der Waals surface area contributed by atoms with E-state index in [0.717, 1.165) is 115 Å². The summed E-state index contributed by atoms with van der Waals surface area (Å²) >= 11 is 0. The third-order valence-corrected chi connectivity index (χ3v) is 16.5. The van der Waals surface area contributed by atoms with Crippen molar-refractivity contribution in [1.82, 2.24) is 0 Å². The second kappa shape index (κ2) is 55.9. The molecule has 480 valence electrons. The summed E-state index contributed by atoms with van der Waals surface area (Å²) in [5, 5.41) is 10.5. The van der Waals surface area contributed by atoms with Crippen molar-refractivity contribution < 1.29 is 80.2 Å². The zero-order valence-corrected chi connectivity index (χ0v) is 53.7. The highest BCUT2D eigenvalue weighted by Crippen LogP contribution is 2.45. The summed E-state index contributed by atoms with van der Waals surface area (Å²) < 4.78 is 67.6. The van der Waals surface area contributed by atoms with Crippen LogP contribution in [0, 0.1) is 5.92 Å². The molecule has 0 aliphatic heterocycles. The van der Waals surface area contributed by atoms with Gasteiger partial charge < -0.3 is 33.8 Å². The number of rotatable bonds is 62. The van der Waals surface area contributed by atoms with Crippen LogP contribution in [0.1, 0.15) is 311 Å². The van der Waals surface area contributed by atoms with Gasteiger partial charge in [-0.2, -0.15) is 0 Å². The lowest BCUT2D eigenvalue weighted by atomic mass is 9.99. The van der Waals surface area contributed by atoms with Gasteiger partial charge in [-0.25, -0.2) is 9.13 Å². The van der Waals surface area contributed by atoms with Gasteiger partial charge in [0.25, 0.3) is 0 Å². The Kier molecular flexibility index (Phi) is 54.6. The summed E-state index contributed by atoms with van der Waals surface area (Å²) in [6.07, 6.45) is 39.3. The van der Waals surface area contributed by atoms with Crippen molar-refractivity contribution in [2.24, 2.45) is 5.92 Å². The lowest BCUT2D eigenvalue weighted by molar-refractivity contribution is -0.161. The van der Waals surface area contributed by atoms with Gasteiger partial charge in [-0.3, -0.25) is 37.3 Å².